The second-order valence-electron chi connectivity index (χ2n) is 13.7. The van der Waals surface area contributed by atoms with Crippen LogP contribution in [-0.2, 0) is 16.0 Å². The molecule has 0 spiro atoms. The number of fused-ring (bicyclic) bond motifs is 1. The summed E-state index contributed by atoms with van der Waals surface area (Å²) in [6.07, 6.45) is 3.67. The summed E-state index contributed by atoms with van der Waals surface area (Å²) in [4.78, 5) is 40.3. The molecule has 50 heavy (non-hydrogen) atoms. The third kappa shape index (κ3) is 7.88. The van der Waals surface area contributed by atoms with Crippen LogP contribution in [0.3, 0.4) is 0 Å². The van der Waals surface area contributed by atoms with Crippen LogP contribution in [0.5, 0.6) is 0 Å². The van der Waals surface area contributed by atoms with Crippen molar-refractivity contribution in [2.75, 3.05) is 25.0 Å². The summed E-state index contributed by atoms with van der Waals surface area (Å²) >= 11 is 0. The smallest absolute Gasteiger partial charge is 0.251 e. The van der Waals surface area contributed by atoms with Crippen molar-refractivity contribution in [3.05, 3.63) is 83.4 Å². The minimum Gasteiger partial charge on any atom is -0.349 e. The minimum atomic E-state index is -0.795. The number of carbonyl (C=O) groups excluding carboxylic acids is 3. The predicted molar refractivity (Wildman–Crippen MR) is 193 cm³/mol. The number of amides is 3. The summed E-state index contributed by atoms with van der Waals surface area (Å²) in [5, 5.41) is 26.7. The van der Waals surface area contributed by atoms with Crippen molar-refractivity contribution in [3.8, 4) is 22.5 Å². The Morgan fingerprint density at radius 2 is 1.70 bits per heavy atom. The lowest BCUT2D eigenvalue weighted by Gasteiger charge is -2.28. The fourth-order valence-electron chi connectivity index (χ4n) is 7.47. The van der Waals surface area contributed by atoms with E-state index in [9.17, 15) is 14.4 Å². The number of anilines is 1. The molecule has 13 heteroatoms. The largest absolute Gasteiger partial charge is 0.349 e. The molecule has 3 amide bonds. The number of H-pyrrole nitrogens is 1. The molecule has 3 fully saturated rings. The number of piperidine rings is 1. The van der Waals surface area contributed by atoms with Crippen LogP contribution in [0.4, 0.5) is 5.69 Å². The Labute approximate surface area is 297 Å². The normalized spacial score (nSPS) is 22.8. The van der Waals surface area contributed by atoms with Gasteiger partial charge in [0.15, 0.2) is 0 Å². The first-order valence-electron chi connectivity index (χ1n) is 17.2. The van der Waals surface area contributed by atoms with Crippen LogP contribution < -0.4 is 27.0 Å². The van der Waals surface area contributed by atoms with Crippen LogP contribution in [0.15, 0.2) is 66.7 Å². The van der Waals surface area contributed by atoms with E-state index in [-0.39, 0.29) is 42.1 Å². The SMILES string of the molecule is Cc1cc(C(=O)NC2C3CNCC32)ccc1-c1cccc(C[C@H](NC(=O)C2CCC(CN)CC2)C(=O)Nc2ccc(-c3nn[nH]n3)cc2)c1.Cl. The van der Waals surface area contributed by atoms with Crippen molar-refractivity contribution in [1.82, 2.24) is 36.6 Å². The number of carbonyl (C=O) groups is 3. The van der Waals surface area contributed by atoms with Gasteiger partial charge in [-0.3, -0.25) is 14.4 Å². The lowest BCUT2D eigenvalue weighted by molar-refractivity contribution is -0.130. The summed E-state index contributed by atoms with van der Waals surface area (Å²) in [6.45, 7) is 4.59. The van der Waals surface area contributed by atoms with E-state index in [1.807, 2.05) is 43.3 Å². The second kappa shape index (κ2) is 15.5. The third-order valence-corrected chi connectivity index (χ3v) is 10.5. The molecule has 3 atom stereocenters. The average Bonchev–Trinajstić information content (AvgIpc) is 3.51. The first-order chi connectivity index (χ1) is 23.9. The zero-order valence-corrected chi connectivity index (χ0v) is 28.8. The van der Waals surface area contributed by atoms with Gasteiger partial charge in [0, 0.05) is 48.3 Å². The molecule has 3 aliphatic rings. The summed E-state index contributed by atoms with van der Waals surface area (Å²) in [5.74, 6) is 1.43. The second-order valence-corrected chi connectivity index (χ2v) is 13.7. The lowest BCUT2D eigenvalue weighted by atomic mass is 9.81. The van der Waals surface area contributed by atoms with Crippen LogP contribution in [0, 0.1) is 30.6 Å². The Kier molecular flexibility index (Phi) is 10.9. The molecular formula is C37H44ClN9O3. The van der Waals surface area contributed by atoms with Gasteiger partial charge in [-0.1, -0.05) is 30.3 Å². The van der Waals surface area contributed by atoms with E-state index in [1.165, 1.54) is 0 Å². The van der Waals surface area contributed by atoms with Crippen LogP contribution in [0.25, 0.3) is 22.5 Å². The zero-order valence-electron chi connectivity index (χ0n) is 28.0. The summed E-state index contributed by atoms with van der Waals surface area (Å²) in [6, 6.07) is 20.5. The molecule has 7 rings (SSSR count). The van der Waals surface area contributed by atoms with Gasteiger partial charge in [-0.2, -0.15) is 5.21 Å². The number of nitrogens with two attached hydrogens (primary N) is 1. The van der Waals surface area contributed by atoms with Gasteiger partial charge in [0.05, 0.1) is 0 Å². The highest BCUT2D eigenvalue weighted by atomic mass is 35.5. The fraction of sp³-hybridized carbons (Fsp3) is 0.405. The van der Waals surface area contributed by atoms with Crippen molar-refractivity contribution in [2.24, 2.45) is 29.4 Å². The highest BCUT2D eigenvalue weighted by molar-refractivity contribution is 5.98. The molecule has 12 nitrogen and oxygen atoms in total. The van der Waals surface area contributed by atoms with Crippen LogP contribution in [0.1, 0.15) is 47.2 Å². The quantitative estimate of drug-likeness (QED) is 0.137. The van der Waals surface area contributed by atoms with E-state index >= 15 is 0 Å². The number of aryl methyl sites for hydroxylation is 1. The topological polar surface area (TPSA) is 180 Å². The Hall–Kier alpha value is -4.65. The number of hydrogen-bond donors (Lipinski definition) is 6. The standard InChI is InChI=1S/C37H43N9O3.ClH/c1-21-15-27(36(48)42-33-30-19-39-20-31(30)33)11-14-29(21)26-4-2-3-23(16-26)17-32(41-35(47)25-7-5-22(18-38)6-8-25)37(49)40-28-12-9-24(10-13-28)34-43-45-46-44-34;/h2-4,9-16,22,25,30-33,39H,5-8,17-20,38H2,1H3,(H,40,49)(H,41,47)(H,42,48)(H,43,44,45,46);1H/t22?,25?,30?,31?,32-,33?;/m0./s1. The molecule has 1 saturated heterocycles. The maximum Gasteiger partial charge on any atom is 0.251 e. The van der Waals surface area contributed by atoms with Crippen LogP contribution >= 0.6 is 12.4 Å². The van der Waals surface area contributed by atoms with E-state index < -0.39 is 6.04 Å². The van der Waals surface area contributed by atoms with Crippen LogP contribution in [0.2, 0.25) is 0 Å². The number of halogens is 1. The molecule has 1 aromatic heterocycles. The lowest BCUT2D eigenvalue weighted by Crippen LogP contribution is -2.48. The molecule has 7 N–H and O–H groups in total. The molecule has 0 radical (unpaired) electrons. The molecule has 4 aromatic rings. The third-order valence-electron chi connectivity index (χ3n) is 10.5. The van der Waals surface area contributed by atoms with E-state index in [1.54, 1.807) is 24.3 Å². The van der Waals surface area contributed by atoms with Gasteiger partial charge < -0.3 is 27.0 Å². The Bertz CT molecular complexity index is 1800. The number of rotatable bonds is 11. The molecule has 3 aromatic carbocycles. The zero-order chi connectivity index (χ0) is 33.9. The number of tetrazole rings is 1. The van der Waals surface area contributed by atoms with Gasteiger partial charge in [-0.05, 0) is 121 Å². The monoisotopic (exact) mass is 697 g/mol. The minimum absolute atomic E-state index is 0. The fourth-order valence-corrected chi connectivity index (χ4v) is 7.47. The molecule has 2 unspecified atom stereocenters. The molecule has 0 bridgehead atoms. The van der Waals surface area contributed by atoms with Gasteiger partial charge >= 0.3 is 0 Å². The molecular weight excluding hydrogens is 654 g/mol. The van der Waals surface area contributed by atoms with Gasteiger partial charge in [0.25, 0.3) is 5.91 Å². The molecule has 1 aliphatic heterocycles. The molecule has 2 saturated carbocycles. The molecule has 2 heterocycles. The van der Waals surface area contributed by atoms with Gasteiger partial charge in [-0.25, -0.2) is 0 Å². The first-order valence-corrected chi connectivity index (χ1v) is 17.2. The number of aromatic nitrogens is 4. The van der Waals surface area contributed by atoms with Crippen LogP contribution in [-0.4, -0.2) is 70.1 Å². The van der Waals surface area contributed by atoms with Gasteiger partial charge in [0.2, 0.25) is 17.6 Å². The molecule has 262 valence electrons. The number of nitrogens with one attached hydrogen (secondary N) is 5. The summed E-state index contributed by atoms with van der Waals surface area (Å²) in [7, 11) is 0. The van der Waals surface area contributed by atoms with Crippen molar-refractivity contribution >= 4 is 35.8 Å². The summed E-state index contributed by atoms with van der Waals surface area (Å²) < 4.78 is 0. The van der Waals surface area contributed by atoms with E-state index in [2.05, 4.69) is 48.0 Å². The average molecular weight is 698 g/mol. The van der Waals surface area contributed by atoms with Crippen molar-refractivity contribution in [1.29, 1.82) is 0 Å². The van der Waals surface area contributed by atoms with Crippen molar-refractivity contribution in [2.45, 2.75) is 51.1 Å². The van der Waals surface area contributed by atoms with Gasteiger partial charge in [-0.15, -0.1) is 22.6 Å². The number of nitrogens with zero attached hydrogens (tertiary/aromatic N) is 3. The predicted octanol–water partition coefficient (Wildman–Crippen LogP) is 3.64. The number of aromatic amines is 1. The Morgan fingerprint density at radius 1 is 0.940 bits per heavy atom. The number of hydrogen-bond acceptors (Lipinski definition) is 8. The highest BCUT2D eigenvalue weighted by Gasteiger charge is 2.53. The van der Waals surface area contributed by atoms with Gasteiger partial charge in [0.1, 0.15) is 6.04 Å². The maximum absolute atomic E-state index is 13.8. The maximum atomic E-state index is 13.8. The first kappa shape index (κ1) is 35.2. The van der Waals surface area contributed by atoms with E-state index in [4.69, 9.17) is 5.73 Å². The summed E-state index contributed by atoms with van der Waals surface area (Å²) in [5.41, 5.74) is 11.8. The highest BCUT2D eigenvalue weighted by Crippen LogP contribution is 2.41. The van der Waals surface area contributed by atoms with E-state index in [0.717, 1.165) is 66.6 Å². The Balaban J connectivity index is 0.00000432. The van der Waals surface area contributed by atoms with E-state index in [0.29, 0.717) is 47.8 Å². The van der Waals surface area contributed by atoms with Crippen molar-refractivity contribution in [3.63, 3.8) is 0 Å². The Morgan fingerprint density at radius 3 is 2.38 bits per heavy atom. The number of benzene rings is 3. The van der Waals surface area contributed by atoms with Crippen molar-refractivity contribution < 1.29 is 14.4 Å². The molecule has 2 aliphatic carbocycles.